The number of nitrogens with one attached hydrogen (secondary N) is 1. The molecular formula is C14H15ClN2O. The van der Waals surface area contributed by atoms with E-state index in [9.17, 15) is 4.79 Å². The largest absolute Gasteiger partial charge is 0.354 e. The molecule has 0 fully saturated rings. The lowest BCUT2D eigenvalue weighted by Crippen LogP contribution is -2.25. The second-order valence-corrected chi connectivity index (χ2v) is 4.48. The number of amides is 1. The second-order valence-electron chi connectivity index (χ2n) is 4.04. The first-order valence-corrected chi connectivity index (χ1v) is 6.28. The van der Waals surface area contributed by atoms with Crippen LogP contribution in [0.15, 0.2) is 48.8 Å². The van der Waals surface area contributed by atoms with Crippen LogP contribution in [0.1, 0.15) is 16.8 Å². The van der Waals surface area contributed by atoms with Gasteiger partial charge in [-0.15, -0.1) is 0 Å². The minimum atomic E-state index is -0.0787. The van der Waals surface area contributed by atoms with E-state index in [0.717, 1.165) is 13.0 Å². The Labute approximate surface area is 111 Å². The molecule has 0 saturated heterocycles. The van der Waals surface area contributed by atoms with Gasteiger partial charge in [0.15, 0.2) is 0 Å². The summed E-state index contributed by atoms with van der Waals surface area (Å²) in [4.78, 5) is 11.8. The quantitative estimate of drug-likeness (QED) is 0.826. The Morgan fingerprint density at radius 3 is 2.72 bits per heavy atom. The summed E-state index contributed by atoms with van der Waals surface area (Å²) in [6, 6.07) is 10.9. The first kappa shape index (κ1) is 12.7. The molecule has 0 radical (unpaired) electrons. The molecule has 2 aromatic rings. The maximum Gasteiger partial charge on any atom is 0.251 e. The topological polar surface area (TPSA) is 34.0 Å². The number of carbonyl (C=O) groups excluding carboxylic acids is 1. The van der Waals surface area contributed by atoms with Gasteiger partial charge in [-0.05, 0) is 36.8 Å². The monoisotopic (exact) mass is 262 g/mol. The molecule has 1 aromatic heterocycles. The lowest BCUT2D eigenvalue weighted by Gasteiger charge is -2.06. The number of aromatic nitrogens is 1. The van der Waals surface area contributed by atoms with Crippen molar-refractivity contribution in [3.8, 4) is 0 Å². The van der Waals surface area contributed by atoms with E-state index in [1.807, 2.05) is 24.5 Å². The zero-order valence-electron chi connectivity index (χ0n) is 9.97. The minimum Gasteiger partial charge on any atom is -0.354 e. The van der Waals surface area contributed by atoms with Gasteiger partial charge < -0.3 is 9.88 Å². The number of hydrogen-bond donors (Lipinski definition) is 1. The molecule has 0 aliphatic carbocycles. The highest BCUT2D eigenvalue weighted by atomic mass is 35.5. The van der Waals surface area contributed by atoms with Gasteiger partial charge in [0.1, 0.15) is 0 Å². The van der Waals surface area contributed by atoms with E-state index in [0.29, 0.717) is 17.1 Å². The highest BCUT2D eigenvalue weighted by Crippen LogP contribution is 2.10. The van der Waals surface area contributed by atoms with Crippen LogP contribution < -0.4 is 5.32 Å². The summed E-state index contributed by atoms with van der Waals surface area (Å²) >= 11 is 5.83. The Bertz CT molecular complexity index is 508. The average Bonchev–Trinajstić information content (AvgIpc) is 2.87. The van der Waals surface area contributed by atoms with Crippen LogP contribution in [0.5, 0.6) is 0 Å². The molecular weight excluding hydrogens is 248 g/mol. The molecule has 0 unspecified atom stereocenters. The van der Waals surface area contributed by atoms with Crippen LogP contribution in [0.3, 0.4) is 0 Å². The van der Waals surface area contributed by atoms with E-state index in [1.165, 1.54) is 0 Å². The van der Waals surface area contributed by atoms with Gasteiger partial charge in [0, 0.05) is 36.1 Å². The molecule has 18 heavy (non-hydrogen) atoms. The van der Waals surface area contributed by atoms with Crippen molar-refractivity contribution >= 4 is 17.5 Å². The van der Waals surface area contributed by atoms with E-state index in [1.54, 1.807) is 24.3 Å². The van der Waals surface area contributed by atoms with Crippen molar-refractivity contribution in [3.63, 3.8) is 0 Å². The van der Waals surface area contributed by atoms with Gasteiger partial charge in [0.2, 0.25) is 0 Å². The summed E-state index contributed by atoms with van der Waals surface area (Å²) in [5.74, 6) is -0.0787. The summed E-state index contributed by atoms with van der Waals surface area (Å²) in [7, 11) is 0. The molecule has 2 rings (SSSR count). The van der Waals surface area contributed by atoms with Crippen molar-refractivity contribution in [2.45, 2.75) is 13.0 Å². The first-order valence-electron chi connectivity index (χ1n) is 5.90. The van der Waals surface area contributed by atoms with Crippen LogP contribution in [0.25, 0.3) is 0 Å². The van der Waals surface area contributed by atoms with Crippen molar-refractivity contribution in [2.75, 3.05) is 6.54 Å². The third kappa shape index (κ3) is 3.64. The highest BCUT2D eigenvalue weighted by molar-refractivity contribution is 6.30. The summed E-state index contributed by atoms with van der Waals surface area (Å²) in [5, 5.41) is 3.46. The number of aryl methyl sites for hydroxylation is 1. The number of benzene rings is 1. The van der Waals surface area contributed by atoms with E-state index in [4.69, 9.17) is 11.6 Å². The number of carbonyl (C=O) groups is 1. The average molecular weight is 263 g/mol. The fourth-order valence-corrected chi connectivity index (χ4v) is 1.90. The normalized spacial score (nSPS) is 10.3. The lowest BCUT2D eigenvalue weighted by molar-refractivity contribution is 0.0952. The molecule has 1 aromatic carbocycles. The zero-order chi connectivity index (χ0) is 12.8. The van der Waals surface area contributed by atoms with Crippen molar-refractivity contribution < 1.29 is 4.79 Å². The maximum absolute atomic E-state index is 11.8. The van der Waals surface area contributed by atoms with E-state index in [2.05, 4.69) is 9.88 Å². The number of nitrogens with zero attached hydrogens (tertiary/aromatic N) is 1. The van der Waals surface area contributed by atoms with E-state index < -0.39 is 0 Å². The Kier molecular flexibility index (Phi) is 4.42. The minimum absolute atomic E-state index is 0.0787. The smallest absolute Gasteiger partial charge is 0.251 e. The van der Waals surface area contributed by atoms with Crippen LogP contribution >= 0.6 is 11.6 Å². The Morgan fingerprint density at radius 2 is 2.00 bits per heavy atom. The van der Waals surface area contributed by atoms with Crippen LogP contribution in [-0.4, -0.2) is 17.0 Å². The van der Waals surface area contributed by atoms with Crippen molar-refractivity contribution in [1.82, 2.24) is 9.88 Å². The fourth-order valence-electron chi connectivity index (χ4n) is 1.71. The van der Waals surface area contributed by atoms with Crippen molar-refractivity contribution in [2.24, 2.45) is 0 Å². The predicted molar refractivity (Wildman–Crippen MR) is 72.8 cm³/mol. The summed E-state index contributed by atoms with van der Waals surface area (Å²) in [6.45, 7) is 1.56. The molecule has 4 heteroatoms. The summed E-state index contributed by atoms with van der Waals surface area (Å²) in [5.41, 5.74) is 0.600. The summed E-state index contributed by atoms with van der Waals surface area (Å²) < 4.78 is 2.09. The number of rotatable bonds is 5. The molecule has 0 aliphatic heterocycles. The van der Waals surface area contributed by atoms with Crippen molar-refractivity contribution in [1.29, 1.82) is 0 Å². The standard InChI is InChI=1S/C14H15ClN2O/c15-13-6-3-5-12(11-13)14(18)16-7-4-10-17-8-1-2-9-17/h1-3,5-6,8-9,11H,4,7,10H2,(H,16,18). The first-order chi connectivity index (χ1) is 8.75. The van der Waals surface area contributed by atoms with Gasteiger partial charge in [0.25, 0.3) is 5.91 Å². The molecule has 0 spiro atoms. The third-order valence-electron chi connectivity index (χ3n) is 2.63. The predicted octanol–water partition coefficient (Wildman–Crippen LogP) is 2.96. The highest BCUT2D eigenvalue weighted by Gasteiger charge is 2.04. The molecule has 1 amide bonds. The molecule has 3 nitrogen and oxygen atoms in total. The summed E-state index contributed by atoms with van der Waals surface area (Å²) in [6.07, 6.45) is 4.93. The lowest BCUT2D eigenvalue weighted by atomic mass is 10.2. The van der Waals surface area contributed by atoms with Crippen LogP contribution in [0, 0.1) is 0 Å². The molecule has 0 bridgehead atoms. The Morgan fingerprint density at radius 1 is 1.22 bits per heavy atom. The molecule has 94 valence electrons. The van der Waals surface area contributed by atoms with Gasteiger partial charge in [-0.2, -0.15) is 0 Å². The molecule has 0 saturated carbocycles. The number of halogens is 1. The zero-order valence-corrected chi connectivity index (χ0v) is 10.7. The SMILES string of the molecule is O=C(NCCCn1cccc1)c1cccc(Cl)c1. The van der Waals surface area contributed by atoms with Gasteiger partial charge in [-0.25, -0.2) is 0 Å². The van der Waals surface area contributed by atoms with Crippen LogP contribution in [0.4, 0.5) is 0 Å². The van der Waals surface area contributed by atoms with E-state index in [-0.39, 0.29) is 5.91 Å². The van der Waals surface area contributed by atoms with Gasteiger partial charge in [-0.1, -0.05) is 17.7 Å². The van der Waals surface area contributed by atoms with Crippen LogP contribution in [-0.2, 0) is 6.54 Å². The van der Waals surface area contributed by atoms with Gasteiger partial charge in [0.05, 0.1) is 0 Å². The van der Waals surface area contributed by atoms with Gasteiger partial charge >= 0.3 is 0 Å². The van der Waals surface area contributed by atoms with Gasteiger partial charge in [-0.3, -0.25) is 4.79 Å². The maximum atomic E-state index is 11.8. The second kappa shape index (κ2) is 6.26. The number of hydrogen-bond acceptors (Lipinski definition) is 1. The van der Waals surface area contributed by atoms with Crippen molar-refractivity contribution in [3.05, 3.63) is 59.4 Å². The molecule has 0 atom stereocenters. The Hall–Kier alpha value is -1.74. The molecule has 0 aliphatic rings. The molecule has 1 N–H and O–H groups in total. The fraction of sp³-hybridized carbons (Fsp3) is 0.214. The Balaban J connectivity index is 1.75. The molecule has 1 heterocycles. The van der Waals surface area contributed by atoms with Crippen LogP contribution in [0.2, 0.25) is 5.02 Å². The third-order valence-corrected chi connectivity index (χ3v) is 2.87. The van der Waals surface area contributed by atoms with E-state index >= 15 is 0 Å².